The van der Waals surface area contributed by atoms with Crippen LogP contribution in [0.3, 0.4) is 0 Å². The van der Waals surface area contributed by atoms with Crippen LogP contribution in [-0.4, -0.2) is 79.2 Å². The number of nitrogens with zero attached hydrogens (tertiary/aromatic N) is 3. The molecule has 3 fully saturated rings. The molecule has 0 radical (unpaired) electrons. The van der Waals surface area contributed by atoms with Crippen molar-refractivity contribution in [2.45, 2.75) is 43.7 Å². The Kier molecular flexibility index (Phi) is 6.52. The highest BCUT2D eigenvalue weighted by Crippen LogP contribution is 2.38. The molecule has 186 valence electrons. The molecular weight excluding hydrogens is 454 g/mol. The molecule has 2 aliphatic heterocycles. The number of likely N-dealkylation sites (N-methyl/N-ethyl adjacent to an activating group) is 1. The normalized spacial score (nSPS) is 21.9. The molecule has 1 aliphatic carbocycles. The number of hydrogen-bond donors (Lipinski definition) is 2. The van der Waals surface area contributed by atoms with Gasteiger partial charge in [-0.05, 0) is 81.1 Å². The number of rotatable bonds is 6. The van der Waals surface area contributed by atoms with Gasteiger partial charge in [0.1, 0.15) is 0 Å². The quantitative estimate of drug-likeness (QED) is 0.496. The van der Waals surface area contributed by atoms with E-state index in [2.05, 4.69) is 68.4 Å². The van der Waals surface area contributed by atoms with Crippen LogP contribution in [0.2, 0.25) is 5.02 Å². The molecule has 0 unspecified atom stereocenters. The molecule has 2 N–H and O–H groups in total. The summed E-state index contributed by atoms with van der Waals surface area (Å²) in [5, 5.41) is 5.94. The van der Waals surface area contributed by atoms with Crippen molar-refractivity contribution >= 4 is 28.2 Å². The van der Waals surface area contributed by atoms with Crippen LogP contribution in [-0.2, 0) is 0 Å². The summed E-state index contributed by atoms with van der Waals surface area (Å²) >= 11 is 6.19. The Bertz CT molecular complexity index is 1150. The van der Waals surface area contributed by atoms with E-state index in [1.54, 1.807) is 0 Å². The predicted molar refractivity (Wildman–Crippen MR) is 148 cm³/mol. The Morgan fingerprint density at radius 2 is 1.77 bits per heavy atom. The van der Waals surface area contributed by atoms with Gasteiger partial charge >= 0.3 is 0 Å². The molecule has 5 nitrogen and oxygen atoms in total. The topological polar surface area (TPSA) is 37.5 Å². The van der Waals surface area contributed by atoms with Crippen LogP contribution >= 0.6 is 11.6 Å². The van der Waals surface area contributed by atoms with Crippen LogP contribution in [0.15, 0.2) is 48.5 Å². The summed E-state index contributed by atoms with van der Waals surface area (Å²) < 4.78 is 0. The number of halogens is 1. The molecule has 0 atom stereocenters. The SMILES string of the molecule is CN1CCN(C2(CNC3CCN(c4cccc(-c5cc6cc(Cl)ccc6[nH]5)c4)CC3)CCC2)CC1. The van der Waals surface area contributed by atoms with Gasteiger partial charge in [-0.1, -0.05) is 23.7 Å². The highest BCUT2D eigenvalue weighted by atomic mass is 35.5. The van der Waals surface area contributed by atoms with Gasteiger partial charge in [0.05, 0.1) is 0 Å². The van der Waals surface area contributed by atoms with Crippen molar-refractivity contribution in [1.29, 1.82) is 0 Å². The highest BCUT2D eigenvalue weighted by Gasteiger charge is 2.43. The first kappa shape index (κ1) is 23.4. The van der Waals surface area contributed by atoms with Gasteiger partial charge in [0.2, 0.25) is 0 Å². The third-order valence-electron chi connectivity index (χ3n) is 8.78. The van der Waals surface area contributed by atoms with Gasteiger partial charge in [0, 0.05) is 84.7 Å². The van der Waals surface area contributed by atoms with E-state index in [9.17, 15) is 0 Å². The van der Waals surface area contributed by atoms with E-state index >= 15 is 0 Å². The minimum Gasteiger partial charge on any atom is -0.371 e. The second kappa shape index (κ2) is 9.78. The summed E-state index contributed by atoms with van der Waals surface area (Å²) in [6.07, 6.45) is 6.57. The number of hydrogen-bond acceptors (Lipinski definition) is 4. The standard InChI is InChI=1S/C29H38ClN5/c1-33-14-16-35(17-15-33)29(10-3-11-29)21-31-25-8-12-34(13-9-25)26-5-2-4-22(19-26)28-20-23-18-24(30)6-7-27(23)32-28/h2,4-7,18-20,25,31-32H,3,8-17,21H2,1H3. The van der Waals surface area contributed by atoms with E-state index in [0.29, 0.717) is 11.6 Å². The predicted octanol–water partition coefficient (Wildman–Crippen LogP) is 5.22. The summed E-state index contributed by atoms with van der Waals surface area (Å²) in [5.74, 6) is 0. The van der Waals surface area contributed by atoms with E-state index in [-0.39, 0.29) is 0 Å². The van der Waals surface area contributed by atoms with Crippen molar-refractivity contribution in [3.05, 3.63) is 53.6 Å². The number of benzene rings is 2. The number of piperidine rings is 1. The first-order valence-corrected chi connectivity index (χ1v) is 13.8. The zero-order chi connectivity index (χ0) is 23.8. The van der Waals surface area contributed by atoms with Crippen LogP contribution in [0.5, 0.6) is 0 Å². The van der Waals surface area contributed by atoms with Gasteiger partial charge in [0.15, 0.2) is 0 Å². The molecule has 3 heterocycles. The maximum atomic E-state index is 6.19. The van der Waals surface area contributed by atoms with E-state index in [0.717, 1.165) is 34.7 Å². The average Bonchev–Trinajstić information content (AvgIpc) is 3.28. The van der Waals surface area contributed by atoms with E-state index in [1.807, 2.05) is 12.1 Å². The molecule has 6 rings (SSSR count). The molecule has 0 spiro atoms. The summed E-state index contributed by atoms with van der Waals surface area (Å²) in [4.78, 5) is 11.4. The van der Waals surface area contributed by atoms with Crippen molar-refractivity contribution < 1.29 is 0 Å². The van der Waals surface area contributed by atoms with Gasteiger partial charge < -0.3 is 20.1 Å². The zero-order valence-electron chi connectivity index (χ0n) is 20.9. The van der Waals surface area contributed by atoms with Gasteiger partial charge in [-0.3, -0.25) is 4.90 Å². The van der Waals surface area contributed by atoms with Gasteiger partial charge in [0.25, 0.3) is 0 Å². The largest absolute Gasteiger partial charge is 0.371 e. The molecule has 0 bridgehead atoms. The molecule has 3 aliphatic rings. The highest BCUT2D eigenvalue weighted by molar-refractivity contribution is 6.31. The van der Waals surface area contributed by atoms with Crippen LogP contribution < -0.4 is 10.2 Å². The molecule has 2 saturated heterocycles. The second-order valence-corrected chi connectivity index (χ2v) is 11.4. The number of piperazine rings is 1. The lowest BCUT2D eigenvalue weighted by atomic mass is 9.74. The maximum absolute atomic E-state index is 6.19. The molecule has 3 aromatic rings. The van der Waals surface area contributed by atoms with Crippen LogP contribution in [0.1, 0.15) is 32.1 Å². The minimum absolute atomic E-state index is 0.427. The van der Waals surface area contributed by atoms with Crippen LogP contribution in [0.25, 0.3) is 22.2 Å². The fourth-order valence-corrected chi connectivity index (χ4v) is 6.46. The number of nitrogens with one attached hydrogen (secondary N) is 2. The molecule has 6 heteroatoms. The first-order valence-electron chi connectivity index (χ1n) is 13.4. The summed E-state index contributed by atoms with van der Waals surface area (Å²) in [6.45, 7) is 8.29. The Morgan fingerprint density at radius 3 is 2.51 bits per heavy atom. The molecular formula is C29H38ClN5. The number of aromatic amines is 1. The van der Waals surface area contributed by atoms with Crippen LogP contribution in [0, 0.1) is 0 Å². The molecule has 0 amide bonds. The summed E-state index contributed by atoms with van der Waals surface area (Å²) in [5.41, 5.74) is 5.26. The zero-order valence-corrected chi connectivity index (χ0v) is 21.7. The van der Waals surface area contributed by atoms with E-state index in [4.69, 9.17) is 11.6 Å². The van der Waals surface area contributed by atoms with E-state index in [1.165, 1.54) is 76.1 Å². The Morgan fingerprint density at radius 1 is 0.971 bits per heavy atom. The lowest BCUT2D eigenvalue weighted by molar-refractivity contribution is -0.0151. The van der Waals surface area contributed by atoms with Crippen molar-refractivity contribution in [2.75, 3.05) is 57.8 Å². The molecule has 1 aromatic heterocycles. The monoisotopic (exact) mass is 491 g/mol. The number of aromatic nitrogens is 1. The van der Waals surface area contributed by atoms with Gasteiger partial charge in [-0.2, -0.15) is 0 Å². The number of anilines is 1. The Hall–Kier alpha value is -2.05. The molecule has 35 heavy (non-hydrogen) atoms. The maximum Gasteiger partial charge on any atom is 0.0465 e. The average molecular weight is 492 g/mol. The van der Waals surface area contributed by atoms with Crippen LogP contribution in [0.4, 0.5) is 5.69 Å². The number of H-pyrrole nitrogens is 1. The third kappa shape index (κ3) is 4.84. The lowest BCUT2D eigenvalue weighted by Gasteiger charge is -2.53. The fourth-order valence-electron chi connectivity index (χ4n) is 6.28. The summed E-state index contributed by atoms with van der Waals surface area (Å²) in [6, 6.07) is 17.8. The van der Waals surface area contributed by atoms with E-state index < -0.39 is 0 Å². The number of fused-ring (bicyclic) bond motifs is 1. The second-order valence-electron chi connectivity index (χ2n) is 11.0. The van der Waals surface area contributed by atoms with Crippen molar-refractivity contribution in [2.24, 2.45) is 0 Å². The fraction of sp³-hybridized carbons (Fsp3) is 0.517. The third-order valence-corrected chi connectivity index (χ3v) is 9.01. The Labute approximate surface area is 214 Å². The van der Waals surface area contributed by atoms with Gasteiger partial charge in [-0.15, -0.1) is 0 Å². The summed E-state index contributed by atoms with van der Waals surface area (Å²) in [7, 11) is 2.25. The van der Waals surface area contributed by atoms with Crippen molar-refractivity contribution in [1.82, 2.24) is 20.1 Å². The first-order chi connectivity index (χ1) is 17.1. The Balaban J connectivity index is 1.06. The van der Waals surface area contributed by atoms with Gasteiger partial charge in [-0.25, -0.2) is 0 Å². The lowest BCUT2D eigenvalue weighted by Crippen LogP contribution is -2.64. The smallest absolute Gasteiger partial charge is 0.0465 e. The minimum atomic E-state index is 0.427. The van der Waals surface area contributed by atoms with Crippen molar-refractivity contribution in [3.63, 3.8) is 0 Å². The molecule has 2 aromatic carbocycles. The van der Waals surface area contributed by atoms with Crippen molar-refractivity contribution in [3.8, 4) is 11.3 Å². The molecule has 1 saturated carbocycles.